The molecule has 0 radical (unpaired) electrons. The van der Waals surface area contributed by atoms with E-state index in [9.17, 15) is 12.8 Å². The van der Waals surface area contributed by atoms with Crippen molar-refractivity contribution in [1.29, 1.82) is 0 Å². The average Bonchev–Trinajstić information content (AvgIpc) is 2.35. The number of anilines is 1. The summed E-state index contributed by atoms with van der Waals surface area (Å²) in [5.41, 5.74) is 5.77. The smallest absolute Gasteiger partial charge is 0.245 e. The summed E-state index contributed by atoms with van der Waals surface area (Å²) in [5.74, 6) is 0.139. The minimum atomic E-state index is -3.74. The number of benzene rings is 1. The van der Waals surface area contributed by atoms with E-state index >= 15 is 0 Å². The van der Waals surface area contributed by atoms with Crippen LogP contribution >= 0.6 is 11.8 Å². The van der Waals surface area contributed by atoms with E-state index < -0.39 is 15.8 Å². The summed E-state index contributed by atoms with van der Waals surface area (Å²) in [6, 6.07) is 3.30. The average molecular weight is 304 g/mol. The van der Waals surface area contributed by atoms with Gasteiger partial charge < -0.3 is 5.73 Å². The predicted molar refractivity (Wildman–Crippen MR) is 76.1 cm³/mol. The second kappa shape index (κ2) is 5.30. The molecule has 2 N–H and O–H groups in total. The highest BCUT2D eigenvalue weighted by Gasteiger charge is 2.36. The molecule has 1 aromatic carbocycles. The summed E-state index contributed by atoms with van der Waals surface area (Å²) in [6.45, 7) is 4.28. The molecule has 1 aromatic rings. The maximum atomic E-state index is 13.3. The summed E-state index contributed by atoms with van der Waals surface area (Å²) < 4.78 is 39.9. The van der Waals surface area contributed by atoms with Gasteiger partial charge in [0.25, 0.3) is 0 Å². The van der Waals surface area contributed by atoms with Crippen LogP contribution in [0.15, 0.2) is 23.1 Å². The maximum absolute atomic E-state index is 13.3. The molecule has 4 nitrogen and oxygen atoms in total. The Hall–Kier alpha value is -0.790. The second-order valence-electron chi connectivity index (χ2n) is 4.61. The quantitative estimate of drug-likeness (QED) is 0.848. The normalized spacial score (nSPS) is 25.4. The van der Waals surface area contributed by atoms with E-state index in [-0.39, 0.29) is 21.9 Å². The van der Waals surface area contributed by atoms with Crippen LogP contribution in [0.3, 0.4) is 0 Å². The monoisotopic (exact) mass is 304 g/mol. The molecule has 1 fully saturated rings. The van der Waals surface area contributed by atoms with Crippen LogP contribution in [0.4, 0.5) is 10.1 Å². The molecule has 0 amide bonds. The van der Waals surface area contributed by atoms with E-state index in [2.05, 4.69) is 0 Å². The summed E-state index contributed by atoms with van der Waals surface area (Å²) in [7, 11) is -3.74. The second-order valence-corrected chi connectivity index (χ2v) is 7.96. The number of halogens is 1. The van der Waals surface area contributed by atoms with Crippen molar-refractivity contribution in [1.82, 2.24) is 4.31 Å². The Morgan fingerprint density at radius 1 is 1.42 bits per heavy atom. The van der Waals surface area contributed by atoms with Crippen LogP contribution in [0.2, 0.25) is 0 Å². The van der Waals surface area contributed by atoms with Crippen molar-refractivity contribution < 1.29 is 12.8 Å². The van der Waals surface area contributed by atoms with Crippen LogP contribution in [0.1, 0.15) is 13.8 Å². The largest absolute Gasteiger partial charge is 0.398 e. The van der Waals surface area contributed by atoms with E-state index in [1.807, 2.05) is 13.8 Å². The molecule has 1 saturated heterocycles. The molecule has 2 rings (SSSR count). The molecule has 2 unspecified atom stereocenters. The number of nitrogens with two attached hydrogens (primary N) is 1. The van der Waals surface area contributed by atoms with Crippen LogP contribution in [-0.4, -0.2) is 36.3 Å². The van der Waals surface area contributed by atoms with Crippen molar-refractivity contribution >= 4 is 27.5 Å². The van der Waals surface area contributed by atoms with E-state index in [4.69, 9.17) is 5.73 Å². The minimum absolute atomic E-state index is 0.0829. The first kappa shape index (κ1) is 14.6. The highest BCUT2D eigenvalue weighted by molar-refractivity contribution is 8.00. The zero-order valence-electron chi connectivity index (χ0n) is 10.8. The van der Waals surface area contributed by atoms with Crippen LogP contribution in [0.25, 0.3) is 0 Å². The van der Waals surface area contributed by atoms with Crippen molar-refractivity contribution in [3.63, 3.8) is 0 Å². The minimum Gasteiger partial charge on any atom is -0.398 e. The number of thioether (sulfide) groups is 1. The van der Waals surface area contributed by atoms with Crippen LogP contribution in [0.5, 0.6) is 0 Å². The number of hydrogen-bond acceptors (Lipinski definition) is 4. The SMILES string of the molecule is CC1SCCN(S(=O)(=O)c2cc(F)ccc2N)C1C. The first-order valence-corrected chi connectivity index (χ1v) is 8.51. The van der Waals surface area contributed by atoms with Gasteiger partial charge in [-0.2, -0.15) is 16.1 Å². The standard InChI is InChI=1S/C12H17FN2O2S2/c1-8-9(2)18-6-5-15(8)19(16,17)12-7-10(13)3-4-11(12)14/h3-4,7-9H,5-6,14H2,1-2H3. The highest BCUT2D eigenvalue weighted by atomic mass is 32.2. The Bertz CT molecular complexity index is 577. The summed E-state index contributed by atoms with van der Waals surface area (Å²) in [4.78, 5) is -0.140. The lowest BCUT2D eigenvalue weighted by Gasteiger charge is -2.36. The lowest BCUT2D eigenvalue weighted by molar-refractivity contribution is 0.340. The zero-order chi connectivity index (χ0) is 14.2. The first-order valence-electron chi connectivity index (χ1n) is 6.02. The van der Waals surface area contributed by atoms with Gasteiger partial charge in [0, 0.05) is 23.6 Å². The third-order valence-corrected chi connectivity index (χ3v) is 6.77. The topological polar surface area (TPSA) is 63.4 Å². The number of nitrogen functional groups attached to an aromatic ring is 1. The Balaban J connectivity index is 2.44. The van der Waals surface area contributed by atoms with Gasteiger partial charge in [0.2, 0.25) is 10.0 Å². The Kier molecular flexibility index (Phi) is 4.08. The van der Waals surface area contributed by atoms with E-state index in [1.165, 1.54) is 10.4 Å². The van der Waals surface area contributed by atoms with Gasteiger partial charge in [-0.15, -0.1) is 0 Å². The molecule has 1 heterocycles. The van der Waals surface area contributed by atoms with Crippen LogP contribution in [0, 0.1) is 5.82 Å². The Labute approximate surface area is 117 Å². The molecule has 0 spiro atoms. The lowest BCUT2D eigenvalue weighted by atomic mass is 10.2. The molecular formula is C12H17FN2O2S2. The third-order valence-electron chi connectivity index (χ3n) is 3.39. The van der Waals surface area contributed by atoms with E-state index in [1.54, 1.807) is 11.8 Å². The first-order chi connectivity index (χ1) is 8.84. The van der Waals surface area contributed by atoms with Gasteiger partial charge in [-0.1, -0.05) is 6.92 Å². The van der Waals surface area contributed by atoms with E-state index in [0.717, 1.165) is 17.9 Å². The lowest BCUT2D eigenvalue weighted by Crippen LogP contribution is -2.47. The fourth-order valence-corrected chi connectivity index (χ4v) is 5.23. The Morgan fingerprint density at radius 2 is 2.11 bits per heavy atom. The Morgan fingerprint density at radius 3 is 2.79 bits per heavy atom. The molecule has 106 valence electrons. The van der Waals surface area contributed by atoms with Gasteiger partial charge >= 0.3 is 0 Å². The molecule has 7 heteroatoms. The summed E-state index contributed by atoms with van der Waals surface area (Å²) in [6.07, 6.45) is 0. The molecule has 2 atom stereocenters. The summed E-state index contributed by atoms with van der Waals surface area (Å²) >= 11 is 1.74. The maximum Gasteiger partial charge on any atom is 0.245 e. The third kappa shape index (κ3) is 2.73. The van der Waals surface area contributed by atoms with Crippen molar-refractivity contribution in [3.05, 3.63) is 24.0 Å². The van der Waals surface area contributed by atoms with Crippen molar-refractivity contribution in [2.24, 2.45) is 0 Å². The van der Waals surface area contributed by atoms with Crippen molar-refractivity contribution in [2.75, 3.05) is 18.0 Å². The molecule has 0 aromatic heterocycles. The fourth-order valence-electron chi connectivity index (χ4n) is 2.10. The van der Waals surface area contributed by atoms with Gasteiger partial charge in [-0.05, 0) is 25.1 Å². The molecule has 0 bridgehead atoms. The van der Waals surface area contributed by atoms with Gasteiger partial charge in [-0.25, -0.2) is 12.8 Å². The van der Waals surface area contributed by atoms with Gasteiger partial charge in [0.05, 0.1) is 5.69 Å². The number of hydrogen-bond donors (Lipinski definition) is 1. The number of sulfonamides is 1. The molecule has 19 heavy (non-hydrogen) atoms. The van der Waals surface area contributed by atoms with E-state index in [0.29, 0.717) is 6.54 Å². The van der Waals surface area contributed by atoms with Crippen LogP contribution in [-0.2, 0) is 10.0 Å². The molecule has 0 aliphatic carbocycles. The molecule has 1 aliphatic rings. The number of rotatable bonds is 2. The summed E-state index contributed by atoms with van der Waals surface area (Å²) in [5, 5.41) is 0.207. The van der Waals surface area contributed by atoms with Gasteiger partial charge in [0.1, 0.15) is 10.7 Å². The van der Waals surface area contributed by atoms with Crippen LogP contribution < -0.4 is 5.73 Å². The van der Waals surface area contributed by atoms with Gasteiger partial charge in [-0.3, -0.25) is 0 Å². The van der Waals surface area contributed by atoms with Crippen molar-refractivity contribution in [3.8, 4) is 0 Å². The highest BCUT2D eigenvalue weighted by Crippen LogP contribution is 2.31. The predicted octanol–water partition coefficient (Wildman–Crippen LogP) is 1.92. The molecule has 0 saturated carbocycles. The molecular weight excluding hydrogens is 287 g/mol. The number of nitrogens with zero attached hydrogens (tertiary/aromatic N) is 1. The zero-order valence-corrected chi connectivity index (χ0v) is 12.5. The molecule has 1 aliphatic heterocycles. The van der Waals surface area contributed by atoms with Crippen molar-refractivity contribution in [2.45, 2.75) is 30.0 Å². The fraction of sp³-hybridized carbons (Fsp3) is 0.500. The van der Waals surface area contributed by atoms with Gasteiger partial charge in [0.15, 0.2) is 0 Å².